The topological polar surface area (TPSA) is 24.7 Å². The number of aliphatic hydroxyl groups is 1. The van der Waals surface area contributed by atoms with Gasteiger partial charge in [-0.05, 0) is 17.7 Å². The lowest BCUT2D eigenvalue weighted by molar-refractivity contribution is -0.786. The van der Waals surface area contributed by atoms with Gasteiger partial charge in [0.25, 0.3) is 0 Å². The molecule has 2 N–H and O–H groups in total. The zero-order valence-corrected chi connectivity index (χ0v) is 9.60. The summed E-state index contributed by atoms with van der Waals surface area (Å²) in [4.78, 5) is 1.35. The molecule has 0 saturated carbocycles. The minimum Gasteiger partial charge on any atom is -0.396 e. The number of rotatable bonds is 5. The summed E-state index contributed by atoms with van der Waals surface area (Å²) in [6.45, 7) is 0.268. The van der Waals surface area contributed by atoms with Gasteiger partial charge in [0.1, 0.15) is 5.69 Å². The van der Waals surface area contributed by atoms with Gasteiger partial charge in [0, 0.05) is 11.5 Å². The monoisotopic (exact) mass is 212 g/mol. The van der Waals surface area contributed by atoms with Crippen LogP contribution in [-0.4, -0.2) is 31.6 Å². The zero-order valence-electron chi connectivity index (χ0n) is 8.79. The maximum Gasteiger partial charge on any atom is 0.130 e. The largest absolute Gasteiger partial charge is 0.396 e. The van der Waals surface area contributed by atoms with Crippen LogP contribution in [0.4, 0.5) is 5.69 Å². The first-order valence-corrected chi connectivity index (χ1v) is 5.97. The molecule has 3 heteroatoms. The van der Waals surface area contributed by atoms with Crippen molar-refractivity contribution in [3.8, 4) is 0 Å². The van der Waals surface area contributed by atoms with E-state index in [1.165, 1.54) is 16.2 Å². The van der Waals surface area contributed by atoms with Crippen molar-refractivity contribution in [2.75, 3.05) is 26.5 Å². The Kier molecular flexibility index (Phi) is 5.01. The lowest BCUT2D eigenvalue weighted by Gasteiger charge is -2.07. The van der Waals surface area contributed by atoms with Crippen LogP contribution >= 0.6 is 11.8 Å². The molecule has 0 saturated heterocycles. The molecular formula is C11H18NOS+. The second kappa shape index (κ2) is 6.06. The summed E-state index contributed by atoms with van der Waals surface area (Å²) in [5, 5.41) is 8.64. The highest BCUT2D eigenvalue weighted by molar-refractivity contribution is 7.98. The standard InChI is InChI=1S/C11H17NOS/c1-12(2)11-5-3-10(4-6-11)9-14-8-7-13/h3-6,13H,7-9H2,1-2H3/p+1. The molecule has 0 bridgehead atoms. The Morgan fingerprint density at radius 3 is 2.36 bits per heavy atom. The summed E-state index contributed by atoms with van der Waals surface area (Å²) in [5.74, 6) is 1.81. The molecule has 0 aliphatic heterocycles. The summed E-state index contributed by atoms with van der Waals surface area (Å²) < 4.78 is 0. The third-order valence-corrected chi connectivity index (χ3v) is 3.04. The molecule has 1 rings (SSSR count). The van der Waals surface area contributed by atoms with Crippen LogP contribution in [0.2, 0.25) is 0 Å². The van der Waals surface area contributed by atoms with Crippen molar-refractivity contribution in [1.29, 1.82) is 0 Å². The van der Waals surface area contributed by atoms with Crippen LogP contribution in [-0.2, 0) is 5.75 Å². The summed E-state index contributed by atoms with van der Waals surface area (Å²) >= 11 is 1.76. The van der Waals surface area contributed by atoms with Crippen molar-refractivity contribution in [1.82, 2.24) is 0 Å². The van der Waals surface area contributed by atoms with Crippen LogP contribution in [0.1, 0.15) is 5.56 Å². The van der Waals surface area contributed by atoms with Crippen molar-refractivity contribution < 1.29 is 10.0 Å². The minimum atomic E-state index is 0.268. The summed E-state index contributed by atoms with van der Waals surface area (Å²) in [6.07, 6.45) is 0. The Balaban J connectivity index is 2.47. The van der Waals surface area contributed by atoms with Crippen LogP contribution < -0.4 is 4.90 Å². The Morgan fingerprint density at radius 2 is 1.86 bits per heavy atom. The number of hydrogen-bond acceptors (Lipinski definition) is 2. The molecular weight excluding hydrogens is 194 g/mol. The Hall–Kier alpha value is -0.510. The maximum atomic E-state index is 8.64. The number of aliphatic hydroxyl groups excluding tert-OH is 1. The zero-order chi connectivity index (χ0) is 10.4. The number of nitrogens with one attached hydrogen (secondary N) is 1. The first-order valence-electron chi connectivity index (χ1n) is 4.82. The number of benzene rings is 1. The fourth-order valence-corrected chi connectivity index (χ4v) is 1.89. The molecule has 0 aliphatic rings. The Bertz CT molecular complexity index is 258. The van der Waals surface area contributed by atoms with Gasteiger partial charge >= 0.3 is 0 Å². The fourth-order valence-electron chi connectivity index (χ4n) is 1.19. The van der Waals surface area contributed by atoms with E-state index in [1.807, 2.05) is 0 Å². The van der Waals surface area contributed by atoms with Gasteiger partial charge in [-0.1, -0.05) is 12.1 Å². The van der Waals surface area contributed by atoms with E-state index < -0.39 is 0 Å². The van der Waals surface area contributed by atoms with Gasteiger partial charge < -0.3 is 10.0 Å². The van der Waals surface area contributed by atoms with Crippen LogP contribution in [0, 0.1) is 0 Å². The summed E-state index contributed by atoms with van der Waals surface area (Å²) in [5.41, 5.74) is 2.63. The van der Waals surface area contributed by atoms with Crippen LogP contribution in [0.25, 0.3) is 0 Å². The van der Waals surface area contributed by atoms with E-state index in [-0.39, 0.29) is 6.61 Å². The van der Waals surface area contributed by atoms with E-state index in [9.17, 15) is 0 Å². The van der Waals surface area contributed by atoms with Crippen molar-refractivity contribution in [3.05, 3.63) is 29.8 Å². The normalized spacial score (nSPS) is 10.9. The Labute approximate surface area is 89.9 Å². The van der Waals surface area contributed by atoms with Gasteiger partial charge in [-0.2, -0.15) is 11.8 Å². The van der Waals surface area contributed by atoms with E-state index in [2.05, 4.69) is 38.4 Å². The molecule has 78 valence electrons. The number of quaternary nitrogens is 1. The van der Waals surface area contributed by atoms with E-state index in [0.717, 1.165) is 11.5 Å². The highest BCUT2D eigenvalue weighted by Crippen LogP contribution is 2.12. The quantitative estimate of drug-likeness (QED) is 0.702. The van der Waals surface area contributed by atoms with Gasteiger partial charge in [-0.25, -0.2) is 0 Å². The predicted molar refractivity (Wildman–Crippen MR) is 62.2 cm³/mol. The van der Waals surface area contributed by atoms with Crippen molar-refractivity contribution in [2.45, 2.75) is 5.75 Å². The Morgan fingerprint density at radius 1 is 1.21 bits per heavy atom. The third-order valence-electron chi connectivity index (χ3n) is 2.04. The molecule has 1 aromatic carbocycles. The van der Waals surface area contributed by atoms with Crippen LogP contribution in [0.5, 0.6) is 0 Å². The summed E-state index contributed by atoms with van der Waals surface area (Å²) in [7, 11) is 4.24. The SMILES string of the molecule is C[NH+](C)c1ccc(CSCCO)cc1. The third kappa shape index (κ3) is 3.70. The minimum absolute atomic E-state index is 0.268. The first kappa shape index (κ1) is 11.6. The van der Waals surface area contributed by atoms with Crippen molar-refractivity contribution in [3.63, 3.8) is 0 Å². The van der Waals surface area contributed by atoms with E-state index >= 15 is 0 Å². The molecule has 0 aliphatic carbocycles. The lowest BCUT2D eigenvalue weighted by Crippen LogP contribution is -3.00. The van der Waals surface area contributed by atoms with E-state index in [0.29, 0.717) is 0 Å². The average molecular weight is 212 g/mol. The average Bonchev–Trinajstić information content (AvgIpc) is 2.19. The van der Waals surface area contributed by atoms with Gasteiger partial charge in [0.05, 0.1) is 20.7 Å². The molecule has 0 spiro atoms. The molecule has 14 heavy (non-hydrogen) atoms. The molecule has 0 heterocycles. The molecule has 0 radical (unpaired) electrons. The highest BCUT2D eigenvalue weighted by atomic mass is 32.2. The number of hydrogen-bond donors (Lipinski definition) is 2. The second-order valence-corrected chi connectivity index (χ2v) is 4.58. The predicted octanol–water partition coefficient (Wildman–Crippen LogP) is 0.688. The van der Waals surface area contributed by atoms with Gasteiger partial charge in [0.15, 0.2) is 0 Å². The highest BCUT2D eigenvalue weighted by Gasteiger charge is 1.99. The molecule has 1 aromatic rings. The van der Waals surface area contributed by atoms with E-state index in [1.54, 1.807) is 11.8 Å². The van der Waals surface area contributed by atoms with Crippen molar-refractivity contribution in [2.24, 2.45) is 0 Å². The fraction of sp³-hybridized carbons (Fsp3) is 0.455. The molecule has 2 nitrogen and oxygen atoms in total. The van der Waals surface area contributed by atoms with Gasteiger partial charge in [-0.15, -0.1) is 0 Å². The first-order chi connectivity index (χ1) is 6.74. The van der Waals surface area contributed by atoms with Crippen LogP contribution in [0.3, 0.4) is 0 Å². The molecule has 0 amide bonds. The smallest absolute Gasteiger partial charge is 0.130 e. The summed E-state index contributed by atoms with van der Waals surface area (Å²) in [6, 6.07) is 8.63. The maximum absolute atomic E-state index is 8.64. The van der Waals surface area contributed by atoms with Gasteiger partial charge in [-0.3, -0.25) is 0 Å². The lowest BCUT2D eigenvalue weighted by atomic mass is 10.2. The van der Waals surface area contributed by atoms with Gasteiger partial charge in [0.2, 0.25) is 0 Å². The van der Waals surface area contributed by atoms with Crippen molar-refractivity contribution >= 4 is 17.4 Å². The molecule has 0 atom stereocenters. The second-order valence-electron chi connectivity index (χ2n) is 3.47. The molecule has 0 aromatic heterocycles. The van der Waals surface area contributed by atoms with Crippen LogP contribution in [0.15, 0.2) is 24.3 Å². The molecule has 0 fully saturated rings. The number of thioether (sulfide) groups is 1. The van der Waals surface area contributed by atoms with E-state index in [4.69, 9.17) is 5.11 Å². The molecule has 0 unspecified atom stereocenters.